The Morgan fingerprint density at radius 3 is 2.72 bits per heavy atom. The highest BCUT2D eigenvalue weighted by molar-refractivity contribution is 5.38. The van der Waals surface area contributed by atoms with Crippen molar-refractivity contribution in [3.8, 4) is 0 Å². The first kappa shape index (κ1) is 25.7. The summed E-state index contributed by atoms with van der Waals surface area (Å²) in [6.07, 6.45) is 12.1. The molecule has 3 rings (SSSR count). The molecule has 3 aliphatic carbocycles. The molecule has 4 nitrogen and oxygen atoms in total. The summed E-state index contributed by atoms with van der Waals surface area (Å²) in [6, 6.07) is 0. The lowest BCUT2D eigenvalue weighted by atomic mass is 9.61. The van der Waals surface area contributed by atoms with Gasteiger partial charge in [0.05, 0.1) is 17.8 Å². The van der Waals surface area contributed by atoms with Crippen molar-refractivity contribution < 1.29 is 20.1 Å². The molecule has 0 radical (unpaired) electrons. The van der Waals surface area contributed by atoms with E-state index in [-0.39, 0.29) is 0 Å². The van der Waals surface area contributed by atoms with Crippen LogP contribution in [0.4, 0.5) is 0 Å². The monoisotopic (exact) mass is 446 g/mol. The topological polar surface area (TPSA) is 69.9 Å². The molecular weight excluding hydrogens is 400 g/mol. The van der Waals surface area contributed by atoms with Crippen LogP contribution in [0.5, 0.6) is 0 Å². The number of hydrogen-bond donors (Lipinski definition) is 3. The lowest BCUT2D eigenvalue weighted by Gasteiger charge is -2.44. The predicted molar refractivity (Wildman–Crippen MR) is 130 cm³/mol. The first-order valence-corrected chi connectivity index (χ1v) is 12.8. The zero-order valence-electron chi connectivity index (χ0n) is 20.8. The van der Waals surface area contributed by atoms with E-state index in [2.05, 4.69) is 32.6 Å². The van der Waals surface area contributed by atoms with Gasteiger partial charge in [-0.05, 0) is 99.5 Å². The smallest absolute Gasteiger partial charge is 0.0811 e. The summed E-state index contributed by atoms with van der Waals surface area (Å²) in [7, 11) is 0. The van der Waals surface area contributed by atoms with Crippen molar-refractivity contribution in [3.05, 3.63) is 35.5 Å². The third-order valence-corrected chi connectivity index (χ3v) is 8.45. The molecule has 182 valence electrons. The molecule has 4 heteroatoms. The maximum absolute atomic E-state index is 10.1. The summed E-state index contributed by atoms with van der Waals surface area (Å²) in [6.45, 7) is 14.1. The van der Waals surface area contributed by atoms with Crippen LogP contribution >= 0.6 is 0 Å². The first-order chi connectivity index (χ1) is 15.0. The second-order valence-corrected chi connectivity index (χ2v) is 11.6. The summed E-state index contributed by atoms with van der Waals surface area (Å²) in [5.41, 5.74) is 3.01. The molecule has 0 heterocycles. The molecule has 0 aromatic heterocycles. The summed E-state index contributed by atoms with van der Waals surface area (Å²) in [5, 5.41) is 30.1. The Balaban J connectivity index is 1.61. The fourth-order valence-corrected chi connectivity index (χ4v) is 6.67. The largest absolute Gasteiger partial charge is 0.393 e. The molecule has 0 saturated heterocycles. The molecule has 0 amide bonds. The number of aliphatic hydroxyl groups is 3. The summed E-state index contributed by atoms with van der Waals surface area (Å²) >= 11 is 0. The fraction of sp³-hybridized carbons (Fsp3) is 0.786. The number of fused-ring (bicyclic) bond motifs is 1. The van der Waals surface area contributed by atoms with E-state index >= 15 is 0 Å². The Bertz CT molecular complexity index is 715. The third kappa shape index (κ3) is 6.14. The van der Waals surface area contributed by atoms with Gasteiger partial charge in [0.1, 0.15) is 0 Å². The average molecular weight is 447 g/mol. The van der Waals surface area contributed by atoms with Gasteiger partial charge in [0.25, 0.3) is 0 Å². The normalized spacial score (nSPS) is 37.2. The summed E-state index contributed by atoms with van der Waals surface area (Å²) < 4.78 is 6.02. The Morgan fingerprint density at radius 2 is 2.00 bits per heavy atom. The highest BCUT2D eigenvalue weighted by atomic mass is 16.5. The zero-order chi connectivity index (χ0) is 23.5. The molecule has 0 aromatic rings. The van der Waals surface area contributed by atoms with E-state index in [1.807, 2.05) is 13.8 Å². The van der Waals surface area contributed by atoms with E-state index in [1.165, 1.54) is 31.3 Å². The van der Waals surface area contributed by atoms with Gasteiger partial charge < -0.3 is 20.1 Å². The van der Waals surface area contributed by atoms with Gasteiger partial charge in [-0.15, -0.1) is 0 Å². The van der Waals surface area contributed by atoms with Gasteiger partial charge in [-0.2, -0.15) is 0 Å². The molecule has 3 aliphatic rings. The lowest BCUT2D eigenvalue weighted by molar-refractivity contribution is 0.0209. The van der Waals surface area contributed by atoms with Gasteiger partial charge in [-0.25, -0.2) is 0 Å². The molecule has 3 saturated carbocycles. The van der Waals surface area contributed by atoms with Gasteiger partial charge in [0, 0.05) is 19.6 Å². The predicted octanol–water partition coefficient (Wildman–Crippen LogP) is 5.33. The van der Waals surface area contributed by atoms with E-state index in [0.717, 1.165) is 43.6 Å². The molecular formula is C28H46O4. The molecule has 32 heavy (non-hydrogen) atoms. The zero-order valence-corrected chi connectivity index (χ0v) is 20.8. The number of aliphatic hydroxyl groups excluding tert-OH is 2. The van der Waals surface area contributed by atoms with Gasteiger partial charge in [0.15, 0.2) is 0 Å². The second-order valence-electron chi connectivity index (χ2n) is 11.6. The van der Waals surface area contributed by atoms with Crippen LogP contribution in [0.25, 0.3) is 0 Å². The third-order valence-electron chi connectivity index (χ3n) is 8.45. The fourth-order valence-electron chi connectivity index (χ4n) is 6.67. The van der Waals surface area contributed by atoms with Gasteiger partial charge in [-0.1, -0.05) is 38.2 Å². The molecule has 3 fully saturated rings. The number of allylic oxidation sites excluding steroid dienone is 3. The van der Waals surface area contributed by atoms with Crippen LogP contribution in [-0.4, -0.2) is 46.3 Å². The summed E-state index contributed by atoms with van der Waals surface area (Å²) in [4.78, 5) is 0. The van der Waals surface area contributed by atoms with Crippen LogP contribution in [0.2, 0.25) is 0 Å². The number of hydrogen-bond acceptors (Lipinski definition) is 4. The van der Waals surface area contributed by atoms with E-state index in [1.54, 1.807) is 0 Å². The van der Waals surface area contributed by atoms with Crippen molar-refractivity contribution in [2.24, 2.45) is 23.2 Å². The summed E-state index contributed by atoms with van der Waals surface area (Å²) in [5.74, 6) is 1.82. The van der Waals surface area contributed by atoms with E-state index in [0.29, 0.717) is 36.0 Å². The number of rotatable bonds is 8. The molecule has 3 N–H and O–H groups in total. The van der Waals surface area contributed by atoms with E-state index in [4.69, 9.17) is 4.74 Å². The molecule has 0 aromatic carbocycles. The van der Waals surface area contributed by atoms with E-state index in [9.17, 15) is 15.3 Å². The SMILES string of the molecule is C=C1/C(=C\C=C2/CCC[C@@]3(C)C2CCC3[C@@H](C)COCCCC(C)(C)O)C[C@@H](O)C[C@@H]1O. The maximum Gasteiger partial charge on any atom is 0.0811 e. The molecule has 0 aliphatic heterocycles. The van der Waals surface area contributed by atoms with Crippen LogP contribution in [0.3, 0.4) is 0 Å². The first-order valence-electron chi connectivity index (χ1n) is 12.8. The van der Waals surface area contributed by atoms with Crippen molar-refractivity contribution in [2.45, 2.75) is 103 Å². The van der Waals surface area contributed by atoms with Crippen LogP contribution < -0.4 is 0 Å². The standard InChI is InChI=1S/C28H46O4/c1-19(18-32-15-7-13-27(3,4)31)24-11-12-25-21(8-6-14-28(24,25)5)9-10-22-16-23(29)17-26(30)20(22)2/h9-10,19,23-26,29-31H,2,6-8,11-18H2,1,3-5H3/b21-9+,22-10-/t19-,23+,24?,25?,26-,28+/m0/s1. The van der Waals surface area contributed by atoms with Crippen LogP contribution in [-0.2, 0) is 4.74 Å². The van der Waals surface area contributed by atoms with Gasteiger partial charge in [0.2, 0.25) is 0 Å². The minimum absolute atomic E-state index is 0.320. The van der Waals surface area contributed by atoms with E-state index < -0.39 is 17.8 Å². The Hall–Kier alpha value is -0.940. The molecule has 6 atom stereocenters. The van der Waals surface area contributed by atoms with Crippen molar-refractivity contribution in [3.63, 3.8) is 0 Å². The van der Waals surface area contributed by atoms with Crippen LogP contribution in [0.15, 0.2) is 35.5 Å². The van der Waals surface area contributed by atoms with Crippen molar-refractivity contribution >= 4 is 0 Å². The maximum atomic E-state index is 10.1. The Labute approximate surface area is 195 Å². The van der Waals surface area contributed by atoms with Crippen LogP contribution in [0.1, 0.15) is 85.5 Å². The highest BCUT2D eigenvalue weighted by Crippen LogP contribution is 2.59. The van der Waals surface area contributed by atoms with Crippen molar-refractivity contribution in [1.82, 2.24) is 0 Å². The highest BCUT2D eigenvalue weighted by Gasteiger charge is 2.50. The molecule has 2 unspecified atom stereocenters. The quantitative estimate of drug-likeness (QED) is 0.441. The number of ether oxygens (including phenoxy) is 1. The van der Waals surface area contributed by atoms with Gasteiger partial charge >= 0.3 is 0 Å². The lowest BCUT2D eigenvalue weighted by Crippen LogP contribution is -2.37. The minimum atomic E-state index is -0.625. The second kappa shape index (κ2) is 10.5. The van der Waals surface area contributed by atoms with Gasteiger partial charge in [-0.3, -0.25) is 0 Å². The van der Waals surface area contributed by atoms with Crippen LogP contribution in [0, 0.1) is 23.2 Å². The van der Waals surface area contributed by atoms with Crippen molar-refractivity contribution in [1.29, 1.82) is 0 Å². The molecule has 0 bridgehead atoms. The van der Waals surface area contributed by atoms with Crippen molar-refractivity contribution in [2.75, 3.05) is 13.2 Å². The minimum Gasteiger partial charge on any atom is -0.393 e. The molecule has 0 spiro atoms. The average Bonchev–Trinajstić information content (AvgIpc) is 3.06. The Kier molecular flexibility index (Phi) is 8.46. The Morgan fingerprint density at radius 1 is 1.25 bits per heavy atom.